The van der Waals surface area contributed by atoms with E-state index in [-0.39, 0.29) is 36.9 Å². The highest BCUT2D eigenvalue weighted by molar-refractivity contribution is 7.98. The number of carbonyl (C=O) groups is 3. The third kappa shape index (κ3) is 6.81. The Hall–Kier alpha value is -4.02. The van der Waals surface area contributed by atoms with Crippen molar-refractivity contribution in [2.75, 3.05) is 45.8 Å². The molecule has 5 rings (SSSR count). The Kier molecular flexibility index (Phi) is 9.89. The number of nitrogens with one attached hydrogen (secondary N) is 1. The van der Waals surface area contributed by atoms with E-state index in [1.807, 2.05) is 71.8 Å². The highest BCUT2D eigenvalue weighted by Gasteiger charge is 2.50. The molecule has 10 heteroatoms. The lowest BCUT2D eigenvalue weighted by Crippen LogP contribution is -2.76. The minimum atomic E-state index is -0.642. The Morgan fingerprint density at radius 2 is 1.60 bits per heavy atom. The van der Waals surface area contributed by atoms with Gasteiger partial charge in [-0.25, -0.2) is 14.8 Å². The van der Waals surface area contributed by atoms with Crippen molar-refractivity contribution in [3.8, 4) is 5.75 Å². The molecule has 2 atom stereocenters. The van der Waals surface area contributed by atoms with E-state index in [1.165, 1.54) is 0 Å². The highest BCUT2D eigenvalue weighted by atomic mass is 32.2. The number of rotatable bonds is 10. The van der Waals surface area contributed by atoms with Crippen LogP contribution in [-0.4, -0.2) is 95.7 Å². The van der Waals surface area contributed by atoms with Crippen LogP contribution in [0.15, 0.2) is 84.9 Å². The zero-order chi connectivity index (χ0) is 30.3. The van der Waals surface area contributed by atoms with Gasteiger partial charge in [-0.1, -0.05) is 72.8 Å². The second-order valence-corrected chi connectivity index (χ2v) is 11.8. The van der Waals surface area contributed by atoms with Crippen LogP contribution >= 0.6 is 11.8 Å². The van der Waals surface area contributed by atoms with Crippen molar-refractivity contribution in [2.24, 2.45) is 0 Å². The molecule has 43 heavy (non-hydrogen) atoms. The zero-order valence-corrected chi connectivity index (χ0v) is 25.7. The summed E-state index contributed by atoms with van der Waals surface area (Å²) in [6, 6.07) is 26.9. The quantitative estimate of drug-likeness (QED) is 0.378. The van der Waals surface area contributed by atoms with Gasteiger partial charge < -0.3 is 19.9 Å². The topological polar surface area (TPSA) is 85.4 Å². The fraction of sp³-hybridized carbons (Fsp3) is 0.364. The molecular formula is C33H39N5O4S. The molecule has 0 radical (unpaired) electrons. The van der Waals surface area contributed by atoms with Crippen LogP contribution in [0.2, 0.25) is 0 Å². The van der Waals surface area contributed by atoms with Crippen molar-refractivity contribution in [2.45, 2.75) is 31.1 Å². The molecule has 1 N–H and O–H groups in total. The van der Waals surface area contributed by atoms with Crippen LogP contribution in [0.3, 0.4) is 0 Å². The number of benzene rings is 3. The number of amides is 4. The Labute approximate surface area is 257 Å². The molecule has 9 nitrogen and oxygen atoms in total. The summed E-state index contributed by atoms with van der Waals surface area (Å²) >= 11 is 1.64. The maximum atomic E-state index is 14.1. The molecule has 2 saturated heterocycles. The lowest BCUT2D eigenvalue weighted by Gasteiger charge is -2.54. The Balaban J connectivity index is 1.43. The van der Waals surface area contributed by atoms with Crippen molar-refractivity contribution in [1.82, 2.24) is 25.1 Å². The number of ether oxygens (including phenoxy) is 1. The van der Waals surface area contributed by atoms with Crippen molar-refractivity contribution in [1.29, 1.82) is 0 Å². The number of hydrogen-bond acceptors (Lipinski definition) is 6. The molecule has 2 aliphatic rings. The third-order valence-corrected chi connectivity index (χ3v) is 8.80. The lowest BCUT2D eigenvalue weighted by atomic mass is 9.90. The number of carbonyl (C=O) groups excluding carboxylic acids is 3. The van der Waals surface area contributed by atoms with Gasteiger partial charge >= 0.3 is 6.03 Å². The summed E-state index contributed by atoms with van der Waals surface area (Å²) in [5.41, 5.74) is 3.14. The van der Waals surface area contributed by atoms with Crippen molar-refractivity contribution < 1.29 is 19.1 Å². The molecule has 226 valence electrons. The summed E-state index contributed by atoms with van der Waals surface area (Å²) in [5, 5.41) is 6.29. The second-order valence-electron chi connectivity index (χ2n) is 10.9. The number of thioether (sulfide) groups is 1. The first-order valence-electron chi connectivity index (χ1n) is 14.5. The maximum Gasteiger partial charge on any atom is 0.334 e. The summed E-state index contributed by atoms with van der Waals surface area (Å²) in [4.78, 5) is 44.9. The van der Waals surface area contributed by atoms with Gasteiger partial charge in [0.05, 0.1) is 20.2 Å². The fourth-order valence-electron chi connectivity index (χ4n) is 5.97. The number of piperazine rings is 1. The summed E-state index contributed by atoms with van der Waals surface area (Å²) < 4.78 is 5.24. The molecule has 2 unspecified atom stereocenters. The van der Waals surface area contributed by atoms with E-state index < -0.39 is 12.2 Å². The van der Waals surface area contributed by atoms with Gasteiger partial charge in [-0.15, -0.1) is 0 Å². The van der Waals surface area contributed by atoms with E-state index in [1.54, 1.807) is 40.8 Å². The van der Waals surface area contributed by atoms with Gasteiger partial charge in [-0.05, 0) is 47.3 Å². The lowest BCUT2D eigenvalue weighted by molar-refractivity contribution is -0.187. The van der Waals surface area contributed by atoms with Gasteiger partial charge in [0.15, 0.2) is 0 Å². The first-order chi connectivity index (χ1) is 20.9. The molecule has 4 amide bonds. The van der Waals surface area contributed by atoms with E-state index in [4.69, 9.17) is 4.74 Å². The molecule has 0 saturated carbocycles. The van der Waals surface area contributed by atoms with Crippen molar-refractivity contribution in [3.05, 3.63) is 102 Å². The summed E-state index contributed by atoms with van der Waals surface area (Å²) in [7, 11) is 3.36. The molecule has 3 aromatic carbocycles. The van der Waals surface area contributed by atoms with Crippen LogP contribution in [0.4, 0.5) is 4.79 Å². The molecule has 0 aliphatic carbocycles. The monoisotopic (exact) mass is 601 g/mol. The average Bonchev–Trinajstić information content (AvgIpc) is 3.03. The van der Waals surface area contributed by atoms with Crippen molar-refractivity contribution in [3.63, 3.8) is 0 Å². The first kappa shape index (κ1) is 30.4. The Morgan fingerprint density at radius 1 is 0.977 bits per heavy atom. The van der Waals surface area contributed by atoms with Crippen LogP contribution in [-0.2, 0) is 16.1 Å². The number of hydrogen-bond donors (Lipinski definition) is 1. The number of urea groups is 1. The van der Waals surface area contributed by atoms with Gasteiger partial charge in [0, 0.05) is 26.1 Å². The number of nitrogens with zero attached hydrogens (tertiary/aromatic N) is 4. The minimum absolute atomic E-state index is 0.0200. The third-order valence-electron chi connectivity index (χ3n) is 8.15. The maximum absolute atomic E-state index is 14.1. The van der Waals surface area contributed by atoms with Gasteiger partial charge in [-0.2, -0.15) is 11.8 Å². The predicted octanol–water partition coefficient (Wildman–Crippen LogP) is 4.02. The van der Waals surface area contributed by atoms with Crippen LogP contribution in [0.25, 0.3) is 0 Å². The normalized spacial score (nSPS) is 19.0. The van der Waals surface area contributed by atoms with E-state index >= 15 is 0 Å². The average molecular weight is 602 g/mol. The van der Waals surface area contributed by atoms with Crippen molar-refractivity contribution >= 4 is 29.6 Å². The van der Waals surface area contributed by atoms with Gasteiger partial charge in [0.2, 0.25) is 11.8 Å². The molecular weight excluding hydrogens is 562 g/mol. The summed E-state index contributed by atoms with van der Waals surface area (Å²) in [6.07, 6.45) is 1.89. The summed E-state index contributed by atoms with van der Waals surface area (Å²) in [5.74, 6) is 1.19. The SMILES string of the molecule is COc1ccc(CNC(=O)N2C3CN(CC(c4ccccc4)c4ccccc4)C(=O)C(CCSC)N3C(=O)CN2C)cc1. The molecule has 3 aromatic rings. The van der Waals surface area contributed by atoms with Crippen LogP contribution < -0.4 is 10.1 Å². The Bertz CT molecular complexity index is 1350. The Morgan fingerprint density at radius 3 is 2.19 bits per heavy atom. The fourth-order valence-corrected chi connectivity index (χ4v) is 6.43. The smallest absolute Gasteiger partial charge is 0.334 e. The second kappa shape index (κ2) is 14.0. The van der Waals surface area contributed by atoms with E-state index in [0.29, 0.717) is 19.5 Å². The highest BCUT2D eigenvalue weighted by Crippen LogP contribution is 2.32. The summed E-state index contributed by atoms with van der Waals surface area (Å²) in [6.45, 7) is 0.992. The molecule has 2 aliphatic heterocycles. The van der Waals surface area contributed by atoms with Gasteiger partial charge in [-0.3, -0.25) is 9.59 Å². The van der Waals surface area contributed by atoms with E-state index in [9.17, 15) is 14.4 Å². The zero-order valence-electron chi connectivity index (χ0n) is 24.9. The van der Waals surface area contributed by atoms with Gasteiger partial charge in [0.25, 0.3) is 0 Å². The van der Waals surface area contributed by atoms with Crippen LogP contribution in [0.1, 0.15) is 29.0 Å². The number of methoxy groups -OCH3 is 1. The largest absolute Gasteiger partial charge is 0.497 e. The number of hydrazine groups is 1. The predicted molar refractivity (Wildman–Crippen MR) is 168 cm³/mol. The molecule has 0 spiro atoms. The van der Waals surface area contributed by atoms with E-state index in [2.05, 4.69) is 29.6 Å². The molecule has 2 heterocycles. The van der Waals surface area contributed by atoms with Gasteiger partial charge in [0.1, 0.15) is 18.0 Å². The molecule has 2 fully saturated rings. The van der Waals surface area contributed by atoms with E-state index in [0.717, 1.165) is 28.2 Å². The standard InChI is InChI=1S/C33H39N5O4S/c1-35-23-31(39)37-29(18-19-43-3)32(40)36(21-28(25-10-6-4-7-11-25)26-12-8-5-9-13-26)22-30(37)38(35)33(41)34-20-24-14-16-27(42-2)17-15-24/h4-17,28-30H,18-23H2,1-3H3,(H,34,41). The van der Waals surface area contributed by atoms with Crippen LogP contribution in [0, 0.1) is 0 Å². The first-order valence-corrected chi connectivity index (χ1v) is 15.9. The molecule has 0 aromatic heterocycles. The number of fused-ring (bicyclic) bond motifs is 1. The molecule has 0 bridgehead atoms. The van der Waals surface area contributed by atoms with Crippen LogP contribution in [0.5, 0.6) is 5.75 Å². The number of likely N-dealkylation sites (N-methyl/N-ethyl adjacent to an activating group) is 1. The minimum Gasteiger partial charge on any atom is -0.497 e.